The summed E-state index contributed by atoms with van der Waals surface area (Å²) in [6, 6.07) is 74.3. The van der Waals surface area contributed by atoms with Crippen molar-refractivity contribution in [2.24, 2.45) is 0 Å². The van der Waals surface area contributed by atoms with Crippen LogP contribution in [-0.2, 0) is 16.2 Å². The number of nitrogens with zero attached hydrogens (tertiary/aromatic N) is 4. The Kier molecular flexibility index (Phi) is 11.3. The number of ether oxygens (including phenoxy) is 1. The highest BCUT2D eigenvalue weighted by atomic mass is 28.3. The van der Waals surface area contributed by atoms with E-state index in [1.54, 1.807) is 0 Å². The van der Waals surface area contributed by atoms with Gasteiger partial charge in [-0.15, -0.1) is 0 Å². The van der Waals surface area contributed by atoms with Crippen LogP contribution in [0.3, 0.4) is 0 Å². The summed E-state index contributed by atoms with van der Waals surface area (Å²) >= 11 is 0. The van der Waals surface area contributed by atoms with E-state index in [9.17, 15) is 2.74 Å². The molecule has 1 atom stereocenters. The summed E-state index contributed by atoms with van der Waals surface area (Å²) in [6.45, 7) is 20.4. The third-order valence-corrected chi connectivity index (χ3v) is 22.3. The average molecular weight is 1110 g/mol. The Labute approximate surface area is 504 Å². The quantitative estimate of drug-likeness (QED) is 0.135. The van der Waals surface area contributed by atoms with Crippen molar-refractivity contribution < 1.29 is 11.6 Å². The zero-order valence-electron chi connectivity index (χ0n) is 54.2. The average Bonchev–Trinajstić information content (AvgIpc) is 1.59. The van der Waals surface area contributed by atoms with Crippen LogP contribution in [-0.4, -0.2) is 19.7 Å². The number of hydrogen-bond acceptors (Lipinski definition) is 5. The minimum atomic E-state index is -2.93. The highest BCUT2D eigenvalue weighted by molar-refractivity contribution is 7.23. The lowest BCUT2D eigenvalue weighted by Crippen LogP contribution is -2.75. The molecule has 4 heterocycles. The number of rotatable bonds is 9. The van der Waals surface area contributed by atoms with Crippen molar-refractivity contribution in [2.45, 2.75) is 78.6 Å². The smallest absolute Gasteiger partial charge is 0.185 e. The van der Waals surface area contributed by atoms with E-state index in [1.807, 2.05) is 42.6 Å². The molecule has 0 saturated carbocycles. The number of anilines is 7. The molecular weight excluding hydrogens is 1040 g/mol. The molecule has 14 rings (SSSR count). The molecule has 0 saturated heterocycles. The van der Waals surface area contributed by atoms with Crippen LogP contribution >= 0.6 is 0 Å². The van der Waals surface area contributed by atoms with Gasteiger partial charge in [0.25, 0.3) is 0 Å². The van der Waals surface area contributed by atoms with Gasteiger partial charge in [0.15, 0.2) is 8.07 Å². The van der Waals surface area contributed by atoms with Crippen LogP contribution < -0.4 is 40.2 Å². The van der Waals surface area contributed by atoms with E-state index in [4.69, 9.17) is 13.8 Å². The van der Waals surface area contributed by atoms with Gasteiger partial charge in [0.1, 0.15) is 24.0 Å². The molecule has 0 bridgehead atoms. The fraction of sp³-hybridized carbons (Fsp3) is 0.167. The van der Waals surface area contributed by atoms with Gasteiger partial charge in [0.05, 0.1) is 29.6 Å². The predicted octanol–water partition coefficient (Wildman–Crippen LogP) is 18.2. The van der Waals surface area contributed by atoms with Gasteiger partial charge in [0.2, 0.25) is 0 Å². The Bertz CT molecular complexity index is 4630. The standard InChI is InChI=1S/C78H70N4OSi/c1-76(2,3)56-39-37-52(38-40-56)54-45-55(47-58(46-54)78(7,8)9)64-31-21-30-63(53-23-12-10-13-24-53)74(64)81-51-80(67-33-17-18-34-68(67)81)59-25-20-26-60(49-59)83-61-41-42-72-70(50-61)82(73-48-57(43-44-79-73)77(4,5)6)69-35-22-32-66-65-29-16-19-36-71(65)84(72,75(66)69)62-27-14-11-15-28-62/h10-50H,51H2,1-9H3/i10D,12D,13D,23D,24D. The molecule has 11 aromatic rings. The fourth-order valence-electron chi connectivity index (χ4n) is 13.1. The highest BCUT2D eigenvalue weighted by Gasteiger charge is 2.55. The predicted molar refractivity (Wildman–Crippen MR) is 356 cm³/mol. The van der Waals surface area contributed by atoms with Gasteiger partial charge in [-0.25, -0.2) is 4.98 Å². The summed E-state index contributed by atoms with van der Waals surface area (Å²) in [5.41, 5.74) is 16.0. The van der Waals surface area contributed by atoms with Crippen molar-refractivity contribution >= 4 is 68.8 Å². The molecule has 412 valence electrons. The zero-order valence-corrected chi connectivity index (χ0v) is 50.2. The number of fused-ring (bicyclic) bond motifs is 6. The number of hydrogen-bond donors (Lipinski definition) is 0. The van der Waals surface area contributed by atoms with E-state index in [0.717, 1.165) is 67.8 Å². The van der Waals surface area contributed by atoms with E-state index in [2.05, 4.69) is 253 Å². The summed E-state index contributed by atoms with van der Waals surface area (Å²) in [4.78, 5) is 12.0. The van der Waals surface area contributed by atoms with Gasteiger partial charge in [-0.05, 0) is 142 Å². The second-order valence-corrected chi connectivity index (χ2v) is 29.3. The first kappa shape index (κ1) is 47.3. The molecule has 0 radical (unpaired) electrons. The molecule has 0 fully saturated rings. The molecule has 1 unspecified atom stereocenters. The number of pyridine rings is 1. The lowest BCUT2D eigenvalue weighted by Gasteiger charge is -2.43. The third kappa shape index (κ3) is 8.85. The SMILES string of the molecule is [2H]c1c([2H])c([2H])c(-c2cccc(-c3cc(-c4ccc(C(C)(C)C)cc4)cc(C(C)(C)C)c3)c2N2CN(c3cccc(Oc4ccc5c(c4)N(c4cc(C(C)(C)C)ccn4)c4cccc6c4[Si]5(c4ccccc4)c4ccccc4-6)c3)c3ccccc32)c([2H])c1[2H]. The second kappa shape index (κ2) is 20.0. The fourth-order valence-corrected chi connectivity index (χ4v) is 18.6. The number of para-hydroxylation sites is 3. The van der Waals surface area contributed by atoms with Gasteiger partial charge in [0, 0.05) is 40.8 Å². The van der Waals surface area contributed by atoms with Crippen molar-refractivity contribution in [2.75, 3.05) is 21.4 Å². The molecular formula is C78H70N4OSi. The van der Waals surface area contributed by atoms with E-state index in [0.29, 0.717) is 23.7 Å². The van der Waals surface area contributed by atoms with E-state index < -0.39 is 14.1 Å². The van der Waals surface area contributed by atoms with Crippen LogP contribution in [0.1, 0.15) is 85.9 Å². The van der Waals surface area contributed by atoms with Gasteiger partial charge in [-0.3, -0.25) is 4.90 Å². The molecule has 3 aliphatic rings. The first-order chi connectivity index (χ1) is 42.6. The lowest BCUT2D eigenvalue weighted by molar-refractivity contribution is 0.483. The summed E-state index contributed by atoms with van der Waals surface area (Å²) in [7, 11) is -2.93. The summed E-state index contributed by atoms with van der Waals surface area (Å²) in [5, 5.41) is 5.34. The molecule has 10 aromatic carbocycles. The normalized spacial score (nSPS) is 16.0. The number of benzene rings is 10. The van der Waals surface area contributed by atoms with Crippen molar-refractivity contribution in [3.05, 3.63) is 265 Å². The minimum absolute atomic E-state index is 0.0110. The zero-order chi connectivity index (χ0) is 62.1. The van der Waals surface area contributed by atoms with Crippen LogP contribution in [0.4, 0.5) is 39.9 Å². The van der Waals surface area contributed by atoms with Gasteiger partial charge in [-0.2, -0.15) is 0 Å². The Balaban J connectivity index is 0.903. The Morgan fingerprint density at radius 2 is 1.05 bits per heavy atom. The Morgan fingerprint density at radius 3 is 1.80 bits per heavy atom. The first-order valence-electron chi connectivity index (χ1n) is 31.7. The van der Waals surface area contributed by atoms with Crippen LogP contribution in [0.5, 0.6) is 11.5 Å². The minimum Gasteiger partial charge on any atom is -0.457 e. The van der Waals surface area contributed by atoms with Crippen LogP contribution in [0.25, 0.3) is 44.5 Å². The molecule has 6 heteroatoms. The van der Waals surface area contributed by atoms with E-state index >= 15 is 0 Å². The lowest BCUT2D eigenvalue weighted by atomic mass is 9.82. The van der Waals surface area contributed by atoms with Gasteiger partial charge >= 0.3 is 0 Å². The number of aromatic nitrogens is 1. The Hall–Kier alpha value is -9.23. The highest BCUT2D eigenvalue weighted by Crippen LogP contribution is 2.52. The maximum Gasteiger partial charge on any atom is 0.185 e. The Morgan fingerprint density at radius 1 is 0.429 bits per heavy atom. The van der Waals surface area contributed by atoms with Crippen LogP contribution in [0, 0.1) is 0 Å². The van der Waals surface area contributed by atoms with Crippen molar-refractivity contribution in [1.82, 2.24) is 4.98 Å². The topological polar surface area (TPSA) is 31.8 Å². The van der Waals surface area contributed by atoms with E-state index in [-0.39, 0.29) is 46.0 Å². The third-order valence-electron chi connectivity index (χ3n) is 17.3. The molecule has 0 spiro atoms. The van der Waals surface area contributed by atoms with E-state index in [1.165, 1.54) is 43.0 Å². The van der Waals surface area contributed by atoms with Gasteiger partial charge in [-0.1, -0.05) is 238 Å². The largest absolute Gasteiger partial charge is 0.457 e. The van der Waals surface area contributed by atoms with Crippen molar-refractivity contribution in [3.63, 3.8) is 0 Å². The van der Waals surface area contributed by atoms with Crippen molar-refractivity contribution in [3.8, 4) is 56.0 Å². The monoisotopic (exact) mass is 1110 g/mol. The summed E-state index contributed by atoms with van der Waals surface area (Å²) in [6.07, 6.45) is 1.94. The van der Waals surface area contributed by atoms with Crippen molar-refractivity contribution in [1.29, 1.82) is 0 Å². The van der Waals surface area contributed by atoms with Gasteiger partial charge < -0.3 is 14.5 Å². The van der Waals surface area contributed by atoms with Crippen LogP contribution in [0.15, 0.2) is 249 Å². The summed E-state index contributed by atoms with van der Waals surface area (Å²) in [5.74, 6) is 2.18. The summed E-state index contributed by atoms with van der Waals surface area (Å²) < 4.78 is 52.5. The second-order valence-electron chi connectivity index (χ2n) is 25.7. The molecule has 1 aromatic heterocycles. The van der Waals surface area contributed by atoms with Crippen LogP contribution in [0.2, 0.25) is 0 Å². The molecule has 0 amide bonds. The maximum atomic E-state index is 9.42. The first-order valence-corrected chi connectivity index (χ1v) is 31.2. The molecule has 3 aliphatic heterocycles. The maximum absolute atomic E-state index is 9.42. The molecule has 0 aliphatic carbocycles. The molecule has 5 nitrogen and oxygen atoms in total. The molecule has 0 N–H and O–H groups in total. The molecule has 84 heavy (non-hydrogen) atoms.